The van der Waals surface area contributed by atoms with E-state index in [9.17, 15) is 4.79 Å². The molecule has 88 valence electrons. The highest BCUT2D eigenvalue weighted by atomic mass is 16.1. The maximum absolute atomic E-state index is 11.5. The molecular formula is C13H15N3O. The highest BCUT2D eigenvalue weighted by Gasteiger charge is 2.15. The van der Waals surface area contributed by atoms with Crippen molar-refractivity contribution in [3.63, 3.8) is 0 Å². The van der Waals surface area contributed by atoms with Crippen molar-refractivity contribution in [2.75, 3.05) is 6.54 Å². The largest absolute Gasteiger partial charge is 0.330 e. The Morgan fingerprint density at radius 3 is 2.65 bits per heavy atom. The summed E-state index contributed by atoms with van der Waals surface area (Å²) < 4.78 is 1.60. The van der Waals surface area contributed by atoms with Crippen LogP contribution in [0.1, 0.15) is 24.4 Å². The molecule has 0 saturated carbocycles. The van der Waals surface area contributed by atoms with Crippen LogP contribution in [0.15, 0.2) is 41.5 Å². The number of nitrogens with one attached hydrogen (secondary N) is 2. The van der Waals surface area contributed by atoms with Crippen molar-refractivity contribution in [1.82, 2.24) is 14.9 Å². The number of hydrogen-bond acceptors (Lipinski definition) is 2. The van der Waals surface area contributed by atoms with Gasteiger partial charge >= 0.3 is 5.69 Å². The van der Waals surface area contributed by atoms with Gasteiger partial charge in [-0.15, -0.1) is 0 Å². The fourth-order valence-corrected chi connectivity index (χ4v) is 2.36. The van der Waals surface area contributed by atoms with Crippen LogP contribution < -0.4 is 11.0 Å². The topological polar surface area (TPSA) is 49.8 Å². The van der Waals surface area contributed by atoms with Gasteiger partial charge in [0.1, 0.15) is 0 Å². The molecule has 0 amide bonds. The molecule has 2 aromatic rings. The Bertz CT molecular complexity index is 547. The van der Waals surface area contributed by atoms with Crippen LogP contribution in [0.25, 0.3) is 5.69 Å². The van der Waals surface area contributed by atoms with Crippen LogP contribution >= 0.6 is 0 Å². The van der Waals surface area contributed by atoms with Gasteiger partial charge in [-0.05, 0) is 37.1 Å². The van der Waals surface area contributed by atoms with Gasteiger partial charge in [-0.25, -0.2) is 4.79 Å². The minimum Gasteiger partial charge on any atom is -0.312 e. The van der Waals surface area contributed by atoms with Crippen LogP contribution in [0.5, 0.6) is 0 Å². The second kappa shape index (κ2) is 4.22. The number of imidazole rings is 1. The molecule has 0 aliphatic carbocycles. The Kier molecular flexibility index (Phi) is 2.57. The van der Waals surface area contributed by atoms with E-state index in [1.165, 1.54) is 18.4 Å². The summed E-state index contributed by atoms with van der Waals surface area (Å²) in [6.45, 7) is 1.10. The smallest absolute Gasteiger partial charge is 0.312 e. The molecule has 0 radical (unpaired) electrons. The van der Waals surface area contributed by atoms with Crippen molar-refractivity contribution < 1.29 is 0 Å². The maximum atomic E-state index is 11.5. The molecule has 1 aromatic carbocycles. The fraction of sp³-hybridized carbons (Fsp3) is 0.308. The lowest BCUT2D eigenvalue weighted by Crippen LogP contribution is -2.15. The van der Waals surface area contributed by atoms with Gasteiger partial charge in [-0.3, -0.25) is 4.57 Å². The van der Waals surface area contributed by atoms with Crippen molar-refractivity contribution in [3.05, 3.63) is 52.7 Å². The zero-order valence-corrected chi connectivity index (χ0v) is 9.52. The van der Waals surface area contributed by atoms with Crippen molar-refractivity contribution in [2.45, 2.75) is 18.9 Å². The molecule has 1 saturated heterocycles. The molecule has 0 bridgehead atoms. The maximum Gasteiger partial charge on any atom is 0.330 e. The third-order valence-corrected chi connectivity index (χ3v) is 3.28. The highest BCUT2D eigenvalue weighted by molar-refractivity contribution is 5.35. The minimum atomic E-state index is -0.100. The number of rotatable bonds is 2. The first-order chi connectivity index (χ1) is 8.34. The van der Waals surface area contributed by atoms with Gasteiger partial charge in [0.25, 0.3) is 0 Å². The third-order valence-electron chi connectivity index (χ3n) is 3.28. The summed E-state index contributed by atoms with van der Waals surface area (Å²) in [7, 11) is 0. The second-order valence-corrected chi connectivity index (χ2v) is 4.38. The quantitative estimate of drug-likeness (QED) is 0.821. The van der Waals surface area contributed by atoms with E-state index in [-0.39, 0.29) is 5.69 Å². The molecule has 3 rings (SSSR count). The van der Waals surface area contributed by atoms with E-state index in [0.29, 0.717) is 6.04 Å². The third kappa shape index (κ3) is 1.91. The Morgan fingerprint density at radius 1 is 1.24 bits per heavy atom. The van der Waals surface area contributed by atoms with Crippen LogP contribution in [-0.2, 0) is 0 Å². The molecule has 1 atom stereocenters. The highest BCUT2D eigenvalue weighted by Crippen LogP contribution is 2.23. The van der Waals surface area contributed by atoms with Gasteiger partial charge in [-0.1, -0.05) is 12.1 Å². The molecule has 0 spiro atoms. The molecule has 17 heavy (non-hydrogen) atoms. The van der Waals surface area contributed by atoms with E-state index in [4.69, 9.17) is 0 Å². The van der Waals surface area contributed by atoms with Crippen molar-refractivity contribution in [2.24, 2.45) is 0 Å². The minimum absolute atomic E-state index is 0.100. The first-order valence-corrected chi connectivity index (χ1v) is 5.94. The van der Waals surface area contributed by atoms with Gasteiger partial charge in [0.05, 0.1) is 5.69 Å². The summed E-state index contributed by atoms with van der Waals surface area (Å²) >= 11 is 0. The molecule has 1 aromatic heterocycles. The van der Waals surface area contributed by atoms with Crippen LogP contribution in [0, 0.1) is 0 Å². The van der Waals surface area contributed by atoms with E-state index in [1.54, 1.807) is 17.0 Å². The van der Waals surface area contributed by atoms with Crippen LogP contribution in [-0.4, -0.2) is 16.1 Å². The lowest BCUT2D eigenvalue weighted by Gasteiger charge is -2.11. The number of hydrogen-bond donors (Lipinski definition) is 2. The molecular weight excluding hydrogens is 214 g/mol. The zero-order chi connectivity index (χ0) is 11.7. The monoisotopic (exact) mass is 229 g/mol. The Morgan fingerprint density at radius 2 is 2.06 bits per heavy atom. The summed E-state index contributed by atoms with van der Waals surface area (Å²) in [6.07, 6.45) is 5.83. The number of H-pyrrole nitrogens is 1. The Hall–Kier alpha value is -1.81. The van der Waals surface area contributed by atoms with Gasteiger partial charge in [0.15, 0.2) is 0 Å². The fourth-order valence-electron chi connectivity index (χ4n) is 2.36. The van der Waals surface area contributed by atoms with E-state index in [2.05, 4.69) is 22.4 Å². The predicted molar refractivity (Wildman–Crippen MR) is 66.4 cm³/mol. The average molecular weight is 229 g/mol. The number of nitrogens with zero attached hydrogens (tertiary/aromatic N) is 1. The molecule has 1 aliphatic heterocycles. The van der Waals surface area contributed by atoms with Crippen molar-refractivity contribution in [1.29, 1.82) is 0 Å². The standard InChI is InChI=1S/C13H15N3O/c17-13-15-8-9-16(13)11-5-3-10(4-6-11)12-2-1-7-14-12/h3-6,8-9,12,14H,1-2,7H2,(H,15,17). The van der Waals surface area contributed by atoms with Crippen LogP contribution in [0.2, 0.25) is 0 Å². The molecule has 1 fully saturated rings. The van der Waals surface area contributed by atoms with E-state index in [0.717, 1.165) is 12.2 Å². The first-order valence-electron chi connectivity index (χ1n) is 5.94. The number of benzene rings is 1. The normalized spacial score (nSPS) is 19.6. The lowest BCUT2D eigenvalue weighted by atomic mass is 10.1. The summed E-state index contributed by atoms with van der Waals surface area (Å²) in [6, 6.07) is 8.65. The summed E-state index contributed by atoms with van der Waals surface area (Å²) in [4.78, 5) is 14.1. The molecule has 1 unspecified atom stereocenters. The summed E-state index contributed by atoms with van der Waals surface area (Å²) in [5, 5.41) is 3.46. The van der Waals surface area contributed by atoms with Gasteiger partial charge in [0, 0.05) is 18.4 Å². The molecule has 1 aliphatic rings. The van der Waals surface area contributed by atoms with E-state index in [1.807, 2.05) is 12.1 Å². The number of aromatic amines is 1. The SMILES string of the molecule is O=c1[nH]ccn1-c1ccc(C2CCCN2)cc1. The average Bonchev–Trinajstić information content (AvgIpc) is 3.00. The molecule has 4 nitrogen and oxygen atoms in total. The Balaban J connectivity index is 1.90. The van der Waals surface area contributed by atoms with Gasteiger partial charge < -0.3 is 10.3 Å². The molecule has 2 heterocycles. The van der Waals surface area contributed by atoms with Gasteiger partial charge in [-0.2, -0.15) is 0 Å². The van der Waals surface area contributed by atoms with E-state index < -0.39 is 0 Å². The van der Waals surface area contributed by atoms with Crippen molar-refractivity contribution >= 4 is 0 Å². The lowest BCUT2D eigenvalue weighted by molar-refractivity contribution is 0.647. The first kappa shape index (κ1) is 10.4. The van der Waals surface area contributed by atoms with Gasteiger partial charge in [0.2, 0.25) is 0 Å². The van der Waals surface area contributed by atoms with Crippen molar-refractivity contribution in [3.8, 4) is 5.69 Å². The number of aromatic nitrogens is 2. The van der Waals surface area contributed by atoms with Crippen LogP contribution in [0.4, 0.5) is 0 Å². The Labute approximate surface area is 99.3 Å². The molecule has 4 heteroatoms. The zero-order valence-electron chi connectivity index (χ0n) is 9.52. The second-order valence-electron chi connectivity index (χ2n) is 4.38. The van der Waals surface area contributed by atoms with Crippen LogP contribution in [0.3, 0.4) is 0 Å². The summed E-state index contributed by atoms with van der Waals surface area (Å²) in [5.41, 5.74) is 2.10. The summed E-state index contributed by atoms with van der Waals surface area (Å²) in [5.74, 6) is 0. The predicted octanol–water partition coefficient (Wildman–Crippen LogP) is 1.59. The van der Waals surface area contributed by atoms with E-state index >= 15 is 0 Å². The molecule has 2 N–H and O–H groups in total.